The Morgan fingerprint density at radius 3 is 2.25 bits per heavy atom. The summed E-state index contributed by atoms with van der Waals surface area (Å²) in [5, 5.41) is 18.9. The molecule has 8 atom stereocenters. The fraction of sp³-hybridized carbons (Fsp3) is 0.833. The molecular formula is C12H12O4. The van der Waals surface area contributed by atoms with Crippen LogP contribution in [0, 0.1) is 46.3 Å². The van der Waals surface area contributed by atoms with Crippen molar-refractivity contribution in [1.82, 2.24) is 0 Å². The highest BCUT2D eigenvalue weighted by Crippen LogP contribution is 3.01. The minimum absolute atomic E-state index is 0.00782. The molecule has 0 heterocycles. The summed E-state index contributed by atoms with van der Waals surface area (Å²) in [6.07, 6.45) is 2.11. The van der Waals surface area contributed by atoms with Gasteiger partial charge in [-0.05, 0) is 48.3 Å². The van der Waals surface area contributed by atoms with Crippen LogP contribution in [0.25, 0.3) is 0 Å². The first-order valence-corrected chi connectivity index (χ1v) is 6.07. The van der Waals surface area contributed by atoms with E-state index in [0.29, 0.717) is 23.7 Å². The van der Waals surface area contributed by atoms with Gasteiger partial charge in [-0.25, -0.2) is 0 Å². The Balaban J connectivity index is 1.73. The van der Waals surface area contributed by atoms with Gasteiger partial charge in [-0.2, -0.15) is 0 Å². The molecule has 2 N–H and O–H groups in total. The topological polar surface area (TPSA) is 74.6 Å². The van der Waals surface area contributed by atoms with Crippen LogP contribution in [0.3, 0.4) is 0 Å². The van der Waals surface area contributed by atoms with Crippen molar-refractivity contribution in [2.45, 2.75) is 12.8 Å². The highest BCUT2D eigenvalue weighted by molar-refractivity contribution is 5.93. The van der Waals surface area contributed by atoms with Crippen LogP contribution < -0.4 is 0 Å². The van der Waals surface area contributed by atoms with E-state index < -0.39 is 22.8 Å². The summed E-state index contributed by atoms with van der Waals surface area (Å²) in [6.45, 7) is 0. The summed E-state index contributed by atoms with van der Waals surface area (Å²) < 4.78 is 0. The second-order valence-electron chi connectivity index (χ2n) is 6.38. The molecule has 4 heteroatoms. The fourth-order valence-corrected chi connectivity index (χ4v) is 7.10. The maximum atomic E-state index is 11.5. The van der Waals surface area contributed by atoms with Crippen LogP contribution in [-0.4, -0.2) is 22.2 Å². The molecule has 2 bridgehead atoms. The van der Waals surface area contributed by atoms with E-state index >= 15 is 0 Å². The Labute approximate surface area is 91.6 Å². The molecule has 0 radical (unpaired) electrons. The quantitative estimate of drug-likeness (QED) is 0.717. The summed E-state index contributed by atoms with van der Waals surface area (Å²) in [5.41, 5.74) is -1.18. The van der Waals surface area contributed by atoms with Crippen molar-refractivity contribution in [3.63, 3.8) is 0 Å². The number of carboxylic acids is 2. The molecule has 0 amide bonds. The third-order valence-electron chi connectivity index (χ3n) is 6.93. The molecule has 0 aromatic carbocycles. The number of aliphatic carboxylic acids is 2. The van der Waals surface area contributed by atoms with Gasteiger partial charge in [-0.3, -0.25) is 9.59 Å². The smallest absolute Gasteiger partial charge is 0.310 e. The zero-order chi connectivity index (χ0) is 11.0. The molecule has 0 aromatic heterocycles. The molecule has 0 saturated heterocycles. The third-order valence-corrected chi connectivity index (χ3v) is 6.93. The van der Waals surface area contributed by atoms with Crippen molar-refractivity contribution >= 4 is 11.9 Å². The molecule has 16 heavy (non-hydrogen) atoms. The van der Waals surface area contributed by atoms with E-state index in [1.807, 2.05) is 0 Å². The predicted octanol–water partition coefficient (Wildman–Crippen LogP) is 0.674. The van der Waals surface area contributed by atoms with Gasteiger partial charge in [-0.1, -0.05) is 0 Å². The highest BCUT2D eigenvalue weighted by atomic mass is 16.4. The maximum absolute atomic E-state index is 11.5. The molecule has 0 aliphatic heterocycles. The molecule has 6 saturated carbocycles. The number of carbonyl (C=O) groups is 2. The first kappa shape index (κ1) is 8.09. The van der Waals surface area contributed by atoms with Gasteiger partial charge < -0.3 is 10.2 Å². The SMILES string of the molecule is O=C(O)[C@]12[C@@H]3[C@@H]4CC[C@H]5[C@H]3[C@H]1[C@@]5(C(=O)O)[C@@H]42. The normalized spacial score (nSPS) is 70.2. The minimum atomic E-state index is -0.711. The highest BCUT2D eigenvalue weighted by Gasteiger charge is 3.05. The average Bonchev–Trinajstić information content (AvgIpc) is 2.14. The second-order valence-corrected chi connectivity index (χ2v) is 6.38. The third kappa shape index (κ3) is 0.356. The molecule has 0 spiro atoms. The van der Waals surface area contributed by atoms with Crippen molar-refractivity contribution in [1.29, 1.82) is 0 Å². The standard InChI is InChI=1S/C12H12O4/c13-9(14)11-4-2-1-3-6-5(4)8(11)12(6,7(3)11)10(15)16/h3-8H,1-2H2,(H,13,14)(H,15,16)/t3-,4-,5+,6+,7+,8-,11-,12-/m0/s1. The van der Waals surface area contributed by atoms with Crippen LogP contribution in [0.4, 0.5) is 0 Å². The van der Waals surface area contributed by atoms with Crippen LogP contribution in [0.2, 0.25) is 0 Å². The lowest BCUT2D eigenvalue weighted by Crippen LogP contribution is -3.02. The Morgan fingerprint density at radius 1 is 1.00 bits per heavy atom. The number of carboxylic acid groups (broad SMARTS) is 2. The summed E-state index contributed by atoms with van der Waals surface area (Å²) >= 11 is 0. The number of fused-ring (bicyclic) bond motifs is 1. The lowest BCUT2D eigenvalue weighted by molar-refractivity contribution is -0.532. The maximum Gasteiger partial charge on any atom is 0.310 e. The van der Waals surface area contributed by atoms with Crippen LogP contribution in [0.1, 0.15) is 12.8 Å². The van der Waals surface area contributed by atoms with Gasteiger partial charge in [-0.15, -0.1) is 0 Å². The molecule has 0 aromatic rings. The lowest BCUT2D eigenvalue weighted by Gasteiger charge is -2.99. The monoisotopic (exact) mass is 220 g/mol. The Morgan fingerprint density at radius 2 is 1.69 bits per heavy atom. The van der Waals surface area contributed by atoms with E-state index in [4.69, 9.17) is 0 Å². The fourth-order valence-electron chi connectivity index (χ4n) is 7.10. The van der Waals surface area contributed by atoms with Gasteiger partial charge in [0.25, 0.3) is 0 Å². The van der Waals surface area contributed by atoms with E-state index in [0.717, 1.165) is 12.8 Å². The van der Waals surface area contributed by atoms with Crippen LogP contribution in [-0.2, 0) is 9.59 Å². The van der Waals surface area contributed by atoms with Gasteiger partial charge in [0.15, 0.2) is 0 Å². The van der Waals surface area contributed by atoms with E-state index in [2.05, 4.69) is 0 Å². The minimum Gasteiger partial charge on any atom is -0.481 e. The molecule has 6 rings (SSSR count). The van der Waals surface area contributed by atoms with Gasteiger partial charge in [0.2, 0.25) is 0 Å². The van der Waals surface area contributed by atoms with E-state index in [9.17, 15) is 19.8 Å². The average molecular weight is 220 g/mol. The molecule has 0 unspecified atom stereocenters. The molecule has 6 aliphatic rings. The van der Waals surface area contributed by atoms with Gasteiger partial charge in [0, 0.05) is 0 Å². The lowest BCUT2D eigenvalue weighted by atomic mass is 9.01. The summed E-state index contributed by atoms with van der Waals surface area (Å²) in [6, 6.07) is 0. The zero-order valence-electron chi connectivity index (χ0n) is 8.59. The van der Waals surface area contributed by atoms with Gasteiger partial charge in [0.1, 0.15) is 0 Å². The summed E-state index contributed by atoms with van der Waals surface area (Å²) in [5.74, 6) is 0.0975. The van der Waals surface area contributed by atoms with E-state index in [-0.39, 0.29) is 11.8 Å². The van der Waals surface area contributed by atoms with Gasteiger partial charge >= 0.3 is 11.9 Å². The first-order valence-electron chi connectivity index (χ1n) is 6.07. The zero-order valence-corrected chi connectivity index (χ0v) is 8.59. The van der Waals surface area contributed by atoms with Crippen molar-refractivity contribution in [2.75, 3.05) is 0 Å². The van der Waals surface area contributed by atoms with E-state index in [1.165, 1.54) is 0 Å². The van der Waals surface area contributed by atoms with Crippen LogP contribution in [0.5, 0.6) is 0 Å². The summed E-state index contributed by atoms with van der Waals surface area (Å²) in [7, 11) is 0. The second kappa shape index (κ2) is 1.71. The Bertz CT molecular complexity index is 481. The van der Waals surface area contributed by atoms with Gasteiger partial charge in [0.05, 0.1) is 10.8 Å². The van der Waals surface area contributed by atoms with Crippen molar-refractivity contribution in [3.05, 3.63) is 0 Å². The molecule has 6 aliphatic carbocycles. The van der Waals surface area contributed by atoms with Crippen molar-refractivity contribution in [3.8, 4) is 0 Å². The van der Waals surface area contributed by atoms with E-state index in [1.54, 1.807) is 0 Å². The Kier molecular flexibility index (Phi) is 0.865. The van der Waals surface area contributed by atoms with Crippen molar-refractivity contribution in [2.24, 2.45) is 46.3 Å². The van der Waals surface area contributed by atoms with Crippen molar-refractivity contribution < 1.29 is 19.8 Å². The molecule has 4 nitrogen and oxygen atoms in total. The number of hydrogen-bond donors (Lipinski definition) is 2. The predicted molar refractivity (Wildman–Crippen MR) is 50.3 cm³/mol. The largest absolute Gasteiger partial charge is 0.481 e. The Hall–Kier alpha value is -1.06. The first-order chi connectivity index (χ1) is 7.60. The molecule has 84 valence electrons. The van der Waals surface area contributed by atoms with Crippen LogP contribution >= 0.6 is 0 Å². The number of rotatable bonds is 2. The van der Waals surface area contributed by atoms with Crippen LogP contribution in [0.15, 0.2) is 0 Å². The molecular weight excluding hydrogens is 208 g/mol. The number of hydrogen-bond acceptors (Lipinski definition) is 2. The summed E-state index contributed by atoms with van der Waals surface area (Å²) in [4.78, 5) is 22.9. The molecule has 6 fully saturated rings.